The van der Waals surface area contributed by atoms with Crippen LogP contribution in [0.25, 0.3) is 0 Å². The second-order valence-corrected chi connectivity index (χ2v) is 8.40. The van der Waals surface area contributed by atoms with Crippen molar-refractivity contribution < 1.29 is 19.0 Å². The molecule has 2 fully saturated rings. The van der Waals surface area contributed by atoms with Crippen LogP contribution in [0.15, 0.2) is 24.3 Å². The van der Waals surface area contributed by atoms with Crippen molar-refractivity contribution in [1.29, 1.82) is 0 Å². The zero-order valence-electron chi connectivity index (χ0n) is 15.0. The Hall–Kier alpha value is -1.26. The van der Waals surface area contributed by atoms with Crippen LogP contribution in [0.2, 0.25) is 0 Å². The Morgan fingerprint density at radius 1 is 1.36 bits per heavy atom. The molecule has 0 N–H and O–H groups in total. The number of esters is 1. The summed E-state index contributed by atoms with van der Waals surface area (Å²) in [5.41, 5.74) is 0.689. The van der Waals surface area contributed by atoms with Crippen molar-refractivity contribution in [3.05, 3.63) is 29.8 Å². The lowest BCUT2D eigenvalue weighted by Gasteiger charge is -2.63. The Balaban J connectivity index is 1.72. The molecule has 0 radical (unpaired) electrons. The minimum Gasteiger partial charge on any atom is -0.487 e. The maximum absolute atomic E-state index is 11.6. The Kier molecular flexibility index (Phi) is 4.04. The Labute approximate surface area is 153 Å². The standard InChI is InChI=1S/C20H25ClO4/c1-12-8-19(3)17-13(2)20(12,10-23-16(22)9-21)11-24-18(17)14-6-4-5-7-15(14)25-19/h4-7,12-13,17-18H,8-11H2,1-3H3. The third kappa shape index (κ3) is 2.41. The van der Waals surface area contributed by atoms with Gasteiger partial charge in [-0.15, -0.1) is 11.6 Å². The summed E-state index contributed by atoms with van der Waals surface area (Å²) < 4.78 is 18.4. The summed E-state index contributed by atoms with van der Waals surface area (Å²) in [7, 11) is 0. The molecule has 6 atom stereocenters. The van der Waals surface area contributed by atoms with E-state index < -0.39 is 0 Å². The second-order valence-electron chi connectivity index (χ2n) is 8.13. The van der Waals surface area contributed by atoms with Gasteiger partial charge in [0.05, 0.1) is 19.3 Å². The maximum Gasteiger partial charge on any atom is 0.320 e. The first-order valence-electron chi connectivity index (χ1n) is 9.02. The monoisotopic (exact) mass is 364 g/mol. The molecule has 0 amide bonds. The SMILES string of the molecule is CC1CC2(C)Oc3ccccc3C3OCC1(COC(=O)CCl)C(C)C32. The molecule has 3 aliphatic rings. The van der Waals surface area contributed by atoms with Crippen LogP contribution in [0.5, 0.6) is 5.75 Å². The molecule has 1 aromatic carbocycles. The number of alkyl halides is 1. The third-order valence-corrected chi connectivity index (χ3v) is 7.10. The van der Waals surface area contributed by atoms with E-state index in [1.165, 1.54) is 0 Å². The number of ether oxygens (including phenoxy) is 3. The van der Waals surface area contributed by atoms with Crippen LogP contribution in [0, 0.1) is 23.2 Å². The van der Waals surface area contributed by atoms with Crippen LogP contribution in [0.4, 0.5) is 0 Å². The molecule has 25 heavy (non-hydrogen) atoms. The van der Waals surface area contributed by atoms with Gasteiger partial charge >= 0.3 is 5.97 Å². The van der Waals surface area contributed by atoms with Crippen molar-refractivity contribution in [2.45, 2.75) is 38.9 Å². The molecule has 1 aliphatic carbocycles. The summed E-state index contributed by atoms with van der Waals surface area (Å²) in [6, 6.07) is 8.18. The van der Waals surface area contributed by atoms with Crippen molar-refractivity contribution in [2.24, 2.45) is 23.2 Å². The van der Waals surface area contributed by atoms with Gasteiger partial charge in [-0.25, -0.2) is 0 Å². The number of fused-ring (bicyclic) bond motifs is 3. The molecular formula is C20H25ClO4. The van der Waals surface area contributed by atoms with Crippen molar-refractivity contribution in [3.8, 4) is 5.75 Å². The topological polar surface area (TPSA) is 44.8 Å². The van der Waals surface area contributed by atoms with Gasteiger partial charge in [0.2, 0.25) is 0 Å². The highest BCUT2D eigenvalue weighted by atomic mass is 35.5. The minimum atomic E-state index is -0.365. The fourth-order valence-corrected chi connectivity index (χ4v) is 5.59. The molecule has 6 unspecified atom stereocenters. The highest BCUT2D eigenvalue weighted by molar-refractivity contribution is 6.26. The third-order valence-electron chi connectivity index (χ3n) is 6.88. The molecule has 136 valence electrons. The number of benzene rings is 1. The molecule has 1 saturated heterocycles. The van der Waals surface area contributed by atoms with Gasteiger partial charge in [-0.05, 0) is 31.2 Å². The second kappa shape index (κ2) is 5.88. The molecule has 2 bridgehead atoms. The van der Waals surface area contributed by atoms with Crippen molar-refractivity contribution in [1.82, 2.24) is 0 Å². The zero-order chi connectivity index (χ0) is 17.8. The average molecular weight is 365 g/mol. The first-order chi connectivity index (χ1) is 11.9. The van der Waals surface area contributed by atoms with Gasteiger partial charge in [0.25, 0.3) is 0 Å². The van der Waals surface area contributed by atoms with Crippen LogP contribution in [-0.2, 0) is 14.3 Å². The summed E-state index contributed by atoms with van der Waals surface area (Å²) in [6.45, 7) is 7.65. The largest absolute Gasteiger partial charge is 0.487 e. The van der Waals surface area contributed by atoms with Crippen molar-refractivity contribution in [3.63, 3.8) is 0 Å². The zero-order valence-corrected chi connectivity index (χ0v) is 15.7. The van der Waals surface area contributed by atoms with Gasteiger partial charge in [-0.1, -0.05) is 32.0 Å². The molecule has 4 rings (SSSR count). The van der Waals surface area contributed by atoms with Gasteiger partial charge in [-0.2, -0.15) is 0 Å². The van der Waals surface area contributed by atoms with Crippen molar-refractivity contribution in [2.75, 3.05) is 19.1 Å². The van der Waals surface area contributed by atoms with Gasteiger partial charge in [-0.3, -0.25) is 4.79 Å². The van der Waals surface area contributed by atoms with Crippen LogP contribution in [0.1, 0.15) is 38.9 Å². The summed E-state index contributed by atoms with van der Waals surface area (Å²) >= 11 is 5.60. The number of carbonyl (C=O) groups is 1. The first kappa shape index (κ1) is 17.2. The molecule has 0 aromatic heterocycles. The predicted octanol–water partition coefficient (Wildman–Crippen LogP) is 3.97. The summed E-state index contributed by atoms with van der Waals surface area (Å²) in [4.78, 5) is 11.6. The van der Waals surface area contributed by atoms with Gasteiger partial charge in [0.1, 0.15) is 17.2 Å². The molecule has 1 saturated carbocycles. The highest BCUT2D eigenvalue weighted by Gasteiger charge is 2.64. The minimum absolute atomic E-state index is 0.0364. The highest BCUT2D eigenvalue weighted by Crippen LogP contribution is 2.63. The van der Waals surface area contributed by atoms with E-state index >= 15 is 0 Å². The summed E-state index contributed by atoms with van der Waals surface area (Å²) in [5, 5.41) is 0. The smallest absolute Gasteiger partial charge is 0.320 e. The molecule has 4 nitrogen and oxygen atoms in total. The van der Waals surface area contributed by atoms with Crippen molar-refractivity contribution >= 4 is 17.6 Å². The van der Waals surface area contributed by atoms with E-state index in [2.05, 4.69) is 26.8 Å². The maximum atomic E-state index is 11.6. The van der Waals surface area contributed by atoms with E-state index in [9.17, 15) is 4.79 Å². The van der Waals surface area contributed by atoms with E-state index in [-0.39, 0.29) is 34.9 Å². The van der Waals surface area contributed by atoms with Crippen LogP contribution in [-0.4, -0.2) is 30.7 Å². The van der Waals surface area contributed by atoms with E-state index in [1.807, 2.05) is 18.2 Å². The van der Waals surface area contributed by atoms with Crippen LogP contribution >= 0.6 is 11.6 Å². The fraction of sp³-hybridized carbons (Fsp3) is 0.650. The van der Waals surface area contributed by atoms with Crippen LogP contribution in [0.3, 0.4) is 0 Å². The Morgan fingerprint density at radius 2 is 2.12 bits per heavy atom. The van der Waals surface area contributed by atoms with E-state index in [0.29, 0.717) is 25.0 Å². The lowest BCUT2D eigenvalue weighted by Crippen LogP contribution is -2.66. The molecule has 1 aromatic rings. The average Bonchev–Trinajstić information content (AvgIpc) is 2.59. The predicted molar refractivity (Wildman–Crippen MR) is 94.7 cm³/mol. The van der Waals surface area contributed by atoms with E-state index in [4.69, 9.17) is 25.8 Å². The number of para-hydroxylation sites is 1. The van der Waals surface area contributed by atoms with E-state index in [1.54, 1.807) is 0 Å². The van der Waals surface area contributed by atoms with Gasteiger partial charge in [0, 0.05) is 16.9 Å². The summed E-state index contributed by atoms with van der Waals surface area (Å²) in [5.74, 6) is 1.33. The molecule has 2 heterocycles. The molecule has 5 heteroatoms. The first-order valence-corrected chi connectivity index (χ1v) is 9.56. The number of hydrogen-bond donors (Lipinski definition) is 0. The lowest BCUT2D eigenvalue weighted by molar-refractivity contribution is -0.261. The Morgan fingerprint density at radius 3 is 2.88 bits per heavy atom. The quantitative estimate of drug-likeness (QED) is 0.601. The molecular weight excluding hydrogens is 340 g/mol. The van der Waals surface area contributed by atoms with E-state index in [0.717, 1.165) is 17.7 Å². The molecule has 0 spiro atoms. The number of carbonyl (C=O) groups excluding carboxylic acids is 1. The number of rotatable bonds is 3. The van der Waals surface area contributed by atoms with Crippen LogP contribution < -0.4 is 4.74 Å². The normalized spacial score (nSPS) is 41.4. The van der Waals surface area contributed by atoms with Gasteiger partial charge < -0.3 is 14.2 Å². The summed E-state index contributed by atoms with van der Waals surface area (Å²) in [6.07, 6.45) is 0.962. The lowest BCUT2D eigenvalue weighted by atomic mass is 9.50. The van der Waals surface area contributed by atoms with Gasteiger partial charge in [0.15, 0.2) is 0 Å². The number of halogens is 1. The fourth-order valence-electron chi connectivity index (χ4n) is 5.51. The number of hydrogen-bond acceptors (Lipinski definition) is 4. The molecule has 2 aliphatic heterocycles. The Bertz CT molecular complexity index is 692.